The number of aliphatic hydroxyl groups excluding tert-OH is 1. The number of hydrogen-bond donors (Lipinski definition) is 2. The quantitative estimate of drug-likeness (QED) is 0.416. The number of aromatic nitrogens is 2. The molecule has 2 fully saturated rings. The van der Waals surface area contributed by atoms with E-state index in [9.17, 15) is 15.0 Å². The van der Waals surface area contributed by atoms with E-state index >= 15 is 0 Å². The summed E-state index contributed by atoms with van der Waals surface area (Å²) in [7, 11) is 3.19. The number of aromatic carboxylic acids is 1. The molecule has 8 nitrogen and oxygen atoms in total. The molecule has 2 aliphatic rings. The highest BCUT2D eigenvalue weighted by atomic mass is 16.5. The Bertz CT molecular complexity index is 1230. The third-order valence-corrected chi connectivity index (χ3v) is 7.45. The van der Waals surface area contributed by atoms with Gasteiger partial charge in [0.05, 0.1) is 37.6 Å². The van der Waals surface area contributed by atoms with E-state index in [0.717, 1.165) is 55.2 Å². The van der Waals surface area contributed by atoms with Gasteiger partial charge in [-0.1, -0.05) is 12.8 Å². The highest BCUT2D eigenvalue weighted by molar-refractivity contribution is 5.87. The number of carbonyl (C=O) groups is 1. The number of aliphatic hydroxyl groups is 1. The number of benzene rings is 1. The van der Waals surface area contributed by atoms with Crippen molar-refractivity contribution < 1.29 is 29.2 Å². The van der Waals surface area contributed by atoms with Crippen molar-refractivity contribution >= 4 is 11.5 Å². The van der Waals surface area contributed by atoms with Crippen LogP contribution in [0.15, 0.2) is 30.3 Å². The van der Waals surface area contributed by atoms with Gasteiger partial charge in [-0.05, 0) is 80.0 Å². The Hall–Kier alpha value is -3.10. The van der Waals surface area contributed by atoms with Crippen LogP contribution in [-0.4, -0.2) is 52.2 Å². The van der Waals surface area contributed by atoms with Crippen molar-refractivity contribution in [2.24, 2.45) is 0 Å². The Morgan fingerprint density at radius 1 is 1.06 bits per heavy atom. The van der Waals surface area contributed by atoms with Gasteiger partial charge in [-0.3, -0.25) is 0 Å². The zero-order valence-electron chi connectivity index (χ0n) is 21.1. The largest absolute Gasteiger partial charge is 0.496 e. The normalized spacial score (nSPS) is 17.9. The van der Waals surface area contributed by atoms with E-state index in [0.29, 0.717) is 35.1 Å². The van der Waals surface area contributed by atoms with E-state index in [1.165, 1.54) is 4.52 Å². The summed E-state index contributed by atoms with van der Waals surface area (Å²) < 4.78 is 19.0. The summed E-state index contributed by atoms with van der Waals surface area (Å²) in [5, 5.41) is 25.9. The molecule has 2 aliphatic carbocycles. The minimum atomic E-state index is -1.00. The standard InChI is InChI=1S/C28H34N2O6/c1-16-24(34-2)12-19(13-25(16)35-3)27(31)26(36-22-6-4-5-7-22)15-20-14-21-10-18(17-8-9-17)11-23(28(32)33)30(21)29-20/h10-14,17,22,26-27,31H,4-9,15H2,1-3H3,(H,32,33)/t26-,27+/m0/s1. The molecule has 36 heavy (non-hydrogen) atoms. The monoisotopic (exact) mass is 494 g/mol. The van der Waals surface area contributed by atoms with Crippen LogP contribution < -0.4 is 9.47 Å². The molecule has 2 atom stereocenters. The molecule has 0 bridgehead atoms. The summed E-state index contributed by atoms with van der Waals surface area (Å²) in [6, 6.07) is 9.31. The van der Waals surface area contributed by atoms with Gasteiger partial charge in [0.1, 0.15) is 17.6 Å². The summed E-state index contributed by atoms with van der Waals surface area (Å²) in [5.41, 5.74) is 4.13. The number of hydrogen-bond acceptors (Lipinski definition) is 6. The molecule has 0 saturated heterocycles. The maximum atomic E-state index is 12.0. The van der Waals surface area contributed by atoms with Crippen molar-refractivity contribution in [1.29, 1.82) is 0 Å². The Morgan fingerprint density at radius 2 is 1.72 bits per heavy atom. The predicted molar refractivity (Wildman–Crippen MR) is 134 cm³/mol. The fraction of sp³-hybridized carbons (Fsp3) is 0.500. The number of pyridine rings is 1. The molecule has 2 N–H and O–H groups in total. The van der Waals surface area contributed by atoms with E-state index in [2.05, 4.69) is 5.10 Å². The van der Waals surface area contributed by atoms with Crippen molar-refractivity contribution in [3.8, 4) is 11.5 Å². The van der Waals surface area contributed by atoms with Crippen LogP contribution in [0.2, 0.25) is 0 Å². The minimum absolute atomic E-state index is 0.0759. The van der Waals surface area contributed by atoms with Crippen LogP contribution in [0.3, 0.4) is 0 Å². The number of rotatable bonds is 10. The van der Waals surface area contributed by atoms with Gasteiger partial charge in [-0.15, -0.1) is 0 Å². The van der Waals surface area contributed by atoms with Crippen molar-refractivity contribution in [3.05, 3.63) is 58.4 Å². The van der Waals surface area contributed by atoms with Gasteiger partial charge in [0.25, 0.3) is 0 Å². The molecule has 0 amide bonds. The lowest BCUT2D eigenvalue weighted by Gasteiger charge is -2.27. The maximum Gasteiger partial charge on any atom is 0.354 e. The third-order valence-electron chi connectivity index (χ3n) is 7.45. The van der Waals surface area contributed by atoms with Gasteiger partial charge in [0, 0.05) is 12.0 Å². The van der Waals surface area contributed by atoms with Crippen LogP contribution in [0.25, 0.3) is 5.52 Å². The summed E-state index contributed by atoms with van der Waals surface area (Å²) in [5.74, 6) is 0.692. The molecule has 2 aromatic heterocycles. The lowest BCUT2D eigenvalue weighted by atomic mass is 9.98. The number of carboxylic acid groups (broad SMARTS) is 1. The lowest BCUT2D eigenvalue weighted by Crippen LogP contribution is -2.29. The summed E-state index contributed by atoms with van der Waals surface area (Å²) in [6.45, 7) is 1.91. The van der Waals surface area contributed by atoms with Crippen LogP contribution in [0.1, 0.15) is 83.4 Å². The Morgan fingerprint density at radius 3 is 2.31 bits per heavy atom. The van der Waals surface area contributed by atoms with E-state index < -0.39 is 18.2 Å². The zero-order chi connectivity index (χ0) is 25.4. The average Bonchev–Trinajstić information content (AvgIpc) is 3.44. The summed E-state index contributed by atoms with van der Waals surface area (Å²) in [6.07, 6.45) is 5.23. The summed E-state index contributed by atoms with van der Waals surface area (Å²) >= 11 is 0. The van der Waals surface area contributed by atoms with Gasteiger partial charge < -0.3 is 24.4 Å². The highest BCUT2D eigenvalue weighted by Crippen LogP contribution is 2.41. The van der Waals surface area contributed by atoms with E-state index in [1.807, 2.05) is 31.2 Å². The third kappa shape index (κ3) is 4.92. The first-order valence-electron chi connectivity index (χ1n) is 12.7. The molecule has 192 valence electrons. The van der Waals surface area contributed by atoms with Gasteiger partial charge >= 0.3 is 5.97 Å². The van der Waals surface area contributed by atoms with Gasteiger partial charge in [0.15, 0.2) is 5.69 Å². The van der Waals surface area contributed by atoms with Crippen molar-refractivity contribution in [2.75, 3.05) is 14.2 Å². The fourth-order valence-corrected chi connectivity index (χ4v) is 5.28. The van der Waals surface area contributed by atoms with Crippen LogP contribution in [0.4, 0.5) is 0 Å². The number of ether oxygens (including phenoxy) is 3. The maximum absolute atomic E-state index is 12.0. The topological polar surface area (TPSA) is 103 Å². The second kappa shape index (κ2) is 10.1. The second-order valence-electron chi connectivity index (χ2n) is 10.0. The predicted octanol–water partition coefficient (Wildman–Crippen LogP) is 4.84. The zero-order valence-corrected chi connectivity index (χ0v) is 21.1. The van der Waals surface area contributed by atoms with Crippen LogP contribution >= 0.6 is 0 Å². The van der Waals surface area contributed by atoms with Crippen LogP contribution in [0.5, 0.6) is 11.5 Å². The SMILES string of the molecule is COc1cc([C@@H](O)[C@H](Cc2cc3cc(C4CC4)cc(C(=O)O)n3n2)OC2CCCC2)cc(OC)c1C. The first kappa shape index (κ1) is 24.6. The Balaban J connectivity index is 1.49. The molecular formula is C28H34N2O6. The molecule has 2 heterocycles. The Labute approximate surface area is 210 Å². The molecule has 0 unspecified atom stereocenters. The molecule has 8 heteroatoms. The van der Waals surface area contributed by atoms with Gasteiger partial charge in [0.2, 0.25) is 0 Å². The average molecular weight is 495 g/mol. The molecule has 0 aliphatic heterocycles. The number of methoxy groups -OCH3 is 2. The van der Waals surface area contributed by atoms with Crippen LogP contribution in [0, 0.1) is 6.92 Å². The number of nitrogens with zero attached hydrogens (tertiary/aromatic N) is 2. The molecule has 1 aromatic carbocycles. The van der Waals surface area contributed by atoms with E-state index in [-0.39, 0.29) is 11.8 Å². The fourth-order valence-electron chi connectivity index (χ4n) is 5.28. The van der Waals surface area contributed by atoms with Crippen molar-refractivity contribution in [1.82, 2.24) is 9.61 Å². The van der Waals surface area contributed by atoms with E-state index in [1.54, 1.807) is 20.3 Å². The first-order chi connectivity index (χ1) is 17.4. The first-order valence-corrected chi connectivity index (χ1v) is 12.7. The number of carboxylic acids is 1. The Kier molecular flexibility index (Phi) is 6.90. The molecule has 5 rings (SSSR count). The highest BCUT2D eigenvalue weighted by Gasteiger charge is 2.30. The van der Waals surface area contributed by atoms with Crippen LogP contribution in [-0.2, 0) is 11.2 Å². The van der Waals surface area contributed by atoms with Gasteiger partial charge in [-0.25, -0.2) is 9.31 Å². The smallest absolute Gasteiger partial charge is 0.354 e. The van der Waals surface area contributed by atoms with Crippen molar-refractivity contribution in [3.63, 3.8) is 0 Å². The molecule has 2 saturated carbocycles. The molecular weight excluding hydrogens is 460 g/mol. The molecule has 3 aromatic rings. The molecule has 0 radical (unpaired) electrons. The second-order valence-corrected chi connectivity index (χ2v) is 10.0. The van der Waals surface area contributed by atoms with E-state index in [4.69, 9.17) is 14.2 Å². The van der Waals surface area contributed by atoms with Gasteiger partial charge in [-0.2, -0.15) is 5.10 Å². The minimum Gasteiger partial charge on any atom is -0.496 e. The van der Waals surface area contributed by atoms with Crippen molar-refractivity contribution in [2.45, 2.75) is 76.1 Å². The summed E-state index contributed by atoms with van der Waals surface area (Å²) in [4.78, 5) is 12.0. The molecule has 0 spiro atoms. The lowest BCUT2D eigenvalue weighted by molar-refractivity contribution is -0.0757. The number of fused-ring (bicyclic) bond motifs is 1.